The Bertz CT molecular complexity index is 567. The number of nitrogens with zero attached hydrogens (tertiary/aromatic N) is 2. The fourth-order valence-electron chi connectivity index (χ4n) is 2.05. The largest absolute Gasteiger partial charge is 0.485 e. The number of aryl methyl sites for hydroxylation is 2. The molecule has 0 bridgehead atoms. The highest BCUT2D eigenvalue weighted by Crippen LogP contribution is 2.18. The monoisotopic (exact) mass is 285 g/mol. The molecule has 0 saturated carbocycles. The van der Waals surface area contributed by atoms with Crippen molar-refractivity contribution in [2.75, 3.05) is 6.54 Å². The molecule has 0 amide bonds. The van der Waals surface area contributed by atoms with Crippen molar-refractivity contribution in [1.82, 2.24) is 15.3 Å². The first-order valence-electron chi connectivity index (χ1n) is 7.46. The van der Waals surface area contributed by atoms with Gasteiger partial charge in [-0.05, 0) is 43.7 Å². The smallest absolute Gasteiger partial charge is 0.141 e. The van der Waals surface area contributed by atoms with E-state index < -0.39 is 0 Å². The number of nitrogens with one attached hydrogen (secondary N) is 1. The Morgan fingerprint density at radius 2 is 2.00 bits per heavy atom. The quantitative estimate of drug-likeness (QED) is 0.849. The Kier molecular flexibility index (Phi) is 5.69. The van der Waals surface area contributed by atoms with Crippen molar-refractivity contribution in [3.63, 3.8) is 0 Å². The second kappa shape index (κ2) is 7.74. The average molecular weight is 285 g/mol. The van der Waals surface area contributed by atoms with Crippen LogP contribution < -0.4 is 10.1 Å². The lowest BCUT2D eigenvalue weighted by atomic mass is 10.2. The minimum absolute atomic E-state index is 0.471. The zero-order valence-corrected chi connectivity index (χ0v) is 13.0. The number of rotatable bonds is 7. The molecule has 0 fully saturated rings. The standard InChI is InChI=1S/C17H23N3O/c1-4-16-17(9-6-13(3)20-16)21-12-15-8-7-14(11-19-15)10-18-5-2/h6-9,11,18H,4-5,10,12H2,1-3H3. The fourth-order valence-corrected chi connectivity index (χ4v) is 2.05. The van der Waals surface area contributed by atoms with Crippen LogP contribution in [0.1, 0.15) is 36.5 Å². The molecule has 0 aromatic carbocycles. The van der Waals surface area contributed by atoms with Crippen LogP contribution in [0.2, 0.25) is 0 Å². The molecule has 0 unspecified atom stereocenters. The highest BCUT2D eigenvalue weighted by molar-refractivity contribution is 5.29. The van der Waals surface area contributed by atoms with Gasteiger partial charge in [0.25, 0.3) is 0 Å². The summed E-state index contributed by atoms with van der Waals surface area (Å²) in [6, 6.07) is 8.06. The number of hydrogen-bond donors (Lipinski definition) is 1. The molecule has 2 aromatic rings. The first-order chi connectivity index (χ1) is 10.2. The number of hydrogen-bond acceptors (Lipinski definition) is 4. The summed E-state index contributed by atoms with van der Waals surface area (Å²) < 4.78 is 5.85. The van der Waals surface area contributed by atoms with Crippen molar-refractivity contribution in [2.45, 2.75) is 40.3 Å². The zero-order valence-electron chi connectivity index (χ0n) is 13.0. The van der Waals surface area contributed by atoms with E-state index in [4.69, 9.17) is 4.74 Å². The van der Waals surface area contributed by atoms with Gasteiger partial charge in [0.1, 0.15) is 12.4 Å². The molecule has 0 radical (unpaired) electrons. The van der Waals surface area contributed by atoms with E-state index in [1.807, 2.05) is 31.3 Å². The number of aromatic nitrogens is 2. The van der Waals surface area contributed by atoms with Crippen LogP contribution in [-0.2, 0) is 19.6 Å². The zero-order chi connectivity index (χ0) is 15.1. The highest BCUT2D eigenvalue weighted by Gasteiger charge is 2.05. The van der Waals surface area contributed by atoms with Gasteiger partial charge in [-0.2, -0.15) is 0 Å². The summed E-state index contributed by atoms with van der Waals surface area (Å²) in [5.74, 6) is 0.849. The summed E-state index contributed by atoms with van der Waals surface area (Å²) in [4.78, 5) is 8.93. The van der Waals surface area contributed by atoms with Gasteiger partial charge < -0.3 is 10.1 Å². The number of pyridine rings is 2. The minimum Gasteiger partial charge on any atom is -0.485 e. The van der Waals surface area contributed by atoms with E-state index >= 15 is 0 Å². The van der Waals surface area contributed by atoms with Crippen molar-refractivity contribution < 1.29 is 4.74 Å². The molecule has 0 saturated heterocycles. The lowest BCUT2D eigenvalue weighted by Crippen LogP contribution is -2.12. The highest BCUT2D eigenvalue weighted by atomic mass is 16.5. The molecule has 4 nitrogen and oxygen atoms in total. The first-order valence-corrected chi connectivity index (χ1v) is 7.46. The Hall–Kier alpha value is -1.94. The second-order valence-corrected chi connectivity index (χ2v) is 4.98. The van der Waals surface area contributed by atoms with Crippen molar-refractivity contribution in [1.29, 1.82) is 0 Å². The maximum Gasteiger partial charge on any atom is 0.141 e. The van der Waals surface area contributed by atoms with Crippen LogP contribution in [-0.4, -0.2) is 16.5 Å². The second-order valence-electron chi connectivity index (χ2n) is 4.98. The molecule has 0 aliphatic heterocycles. The molecule has 112 valence electrons. The van der Waals surface area contributed by atoms with Crippen molar-refractivity contribution in [2.24, 2.45) is 0 Å². The Labute approximate surface area is 126 Å². The molecule has 0 atom stereocenters. The summed E-state index contributed by atoms with van der Waals surface area (Å²) in [6.07, 6.45) is 2.77. The van der Waals surface area contributed by atoms with Gasteiger partial charge in [0.2, 0.25) is 0 Å². The average Bonchev–Trinajstić information content (AvgIpc) is 2.52. The van der Waals surface area contributed by atoms with E-state index in [0.717, 1.165) is 42.3 Å². The Balaban J connectivity index is 1.96. The van der Waals surface area contributed by atoms with Crippen LogP contribution >= 0.6 is 0 Å². The third-order valence-corrected chi connectivity index (χ3v) is 3.25. The van der Waals surface area contributed by atoms with Crippen LogP contribution in [0, 0.1) is 6.92 Å². The molecule has 0 spiro atoms. The van der Waals surface area contributed by atoms with Crippen LogP contribution in [0.4, 0.5) is 0 Å². The van der Waals surface area contributed by atoms with Gasteiger partial charge in [0, 0.05) is 18.4 Å². The fraction of sp³-hybridized carbons (Fsp3) is 0.412. The molecule has 0 aliphatic rings. The van der Waals surface area contributed by atoms with Gasteiger partial charge >= 0.3 is 0 Å². The summed E-state index contributed by atoms with van der Waals surface area (Å²) in [6.45, 7) is 8.46. The van der Waals surface area contributed by atoms with Crippen LogP contribution in [0.25, 0.3) is 0 Å². The topological polar surface area (TPSA) is 47.0 Å². The normalized spacial score (nSPS) is 10.6. The third-order valence-electron chi connectivity index (χ3n) is 3.25. The summed E-state index contributed by atoms with van der Waals surface area (Å²) in [7, 11) is 0. The van der Waals surface area contributed by atoms with Crippen molar-refractivity contribution in [3.05, 3.63) is 53.1 Å². The lowest BCUT2D eigenvalue weighted by Gasteiger charge is -2.10. The molecule has 0 aliphatic carbocycles. The first kappa shape index (κ1) is 15.4. The van der Waals surface area contributed by atoms with E-state index in [9.17, 15) is 0 Å². The maximum atomic E-state index is 5.85. The van der Waals surface area contributed by atoms with E-state index in [1.54, 1.807) is 0 Å². The Morgan fingerprint density at radius 1 is 1.14 bits per heavy atom. The summed E-state index contributed by atoms with van der Waals surface area (Å²) in [5, 5.41) is 3.28. The predicted octanol–water partition coefficient (Wildman–Crippen LogP) is 3.04. The van der Waals surface area contributed by atoms with Crippen LogP contribution in [0.15, 0.2) is 30.5 Å². The molecule has 2 heterocycles. The van der Waals surface area contributed by atoms with E-state index in [0.29, 0.717) is 6.61 Å². The van der Waals surface area contributed by atoms with Gasteiger partial charge in [-0.25, -0.2) is 0 Å². The summed E-state index contributed by atoms with van der Waals surface area (Å²) in [5.41, 5.74) is 4.13. The SMILES string of the molecule is CCNCc1ccc(COc2ccc(C)nc2CC)nc1. The van der Waals surface area contributed by atoms with E-state index in [2.05, 4.69) is 35.2 Å². The lowest BCUT2D eigenvalue weighted by molar-refractivity contribution is 0.296. The minimum atomic E-state index is 0.471. The van der Waals surface area contributed by atoms with Gasteiger partial charge in [0.15, 0.2) is 0 Å². The molecule has 2 aromatic heterocycles. The van der Waals surface area contributed by atoms with Crippen molar-refractivity contribution in [3.8, 4) is 5.75 Å². The maximum absolute atomic E-state index is 5.85. The van der Waals surface area contributed by atoms with Gasteiger partial charge in [-0.15, -0.1) is 0 Å². The van der Waals surface area contributed by atoms with E-state index in [1.165, 1.54) is 5.56 Å². The van der Waals surface area contributed by atoms with Gasteiger partial charge in [-0.1, -0.05) is 19.9 Å². The molecule has 4 heteroatoms. The Morgan fingerprint density at radius 3 is 2.67 bits per heavy atom. The van der Waals surface area contributed by atoms with Crippen LogP contribution in [0.3, 0.4) is 0 Å². The van der Waals surface area contributed by atoms with E-state index in [-0.39, 0.29) is 0 Å². The molecule has 21 heavy (non-hydrogen) atoms. The molecular formula is C17H23N3O. The number of ether oxygens (including phenoxy) is 1. The van der Waals surface area contributed by atoms with Gasteiger partial charge in [-0.3, -0.25) is 9.97 Å². The van der Waals surface area contributed by atoms with Gasteiger partial charge in [0.05, 0.1) is 11.4 Å². The third kappa shape index (κ3) is 4.53. The molecule has 1 N–H and O–H groups in total. The molecule has 2 rings (SSSR count). The van der Waals surface area contributed by atoms with Crippen molar-refractivity contribution >= 4 is 0 Å². The molecular weight excluding hydrogens is 262 g/mol. The van der Waals surface area contributed by atoms with Crippen LogP contribution in [0.5, 0.6) is 5.75 Å². The predicted molar refractivity (Wildman–Crippen MR) is 84.3 cm³/mol. The summed E-state index contributed by atoms with van der Waals surface area (Å²) >= 11 is 0.